The Morgan fingerprint density at radius 1 is 1.06 bits per heavy atom. The maximum Gasteiger partial charge on any atom is 0.248 e. The SMILES string of the molecule is Cc1cc(C)cc(NC(=O)C2CCN(S(=O)(=O)c3c(C)noc3C=Cc3ccc(F)cc3F)CC2)c1. The average molecular weight is 516 g/mol. The summed E-state index contributed by atoms with van der Waals surface area (Å²) in [7, 11) is -3.98. The van der Waals surface area contributed by atoms with Crippen LogP contribution in [0.15, 0.2) is 45.8 Å². The highest BCUT2D eigenvalue weighted by molar-refractivity contribution is 7.89. The largest absolute Gasteiger partial charge is 0.355 e. The highest BCUT2D eigenvalue weighted by Gasteiger charge is 2.36. The van der Waals surface area contributed by atoms with E-state index in [1.54, 1.807) is 0 Å². The third-order valence-electron chi connectivity index (χ3n) is 6.12. The van der Waals surface area contributed by atoms with Gasteiger partial charge in [-0.1, -0.05) is 11.2 Å². The number of hydrogen-bond donors (Lipinski definition) is 1. The molecule has 3 aromatic rings. The Labute approximate surface area is 208 Å². The van der Waals surface area contributed by atoms with Crippen LogP contribution in [0.5, 0.6) is 0 Å². The van der Waals surface area contributed by atoms with Gasteiger partial charge < -0.3 is 9.84 Å². The first-order valence-electron chi connectivity index (χ1n) is 11.5. The maximum atomic E-state index is 14.0. The number of sulfonamides is 1. The van der Waals surface area contributed by atoms with E-state index < -0.39 is 21.7 Å². The molecular formula is C26H27F2N3O4S. The summed E-state index contributed by atoms with van der Waals surface area (Å²) in [6.45, 7) is 5.74. The number of nitrogens with one attached hydrogen (secondary N) is 1. The quantitative estimate of drug-likeness (QED) is 0.494. The van der Waals surface area contributed by atoms with E-state index in [1.807, 2.05) is 32.0 Å². The van der Waals surface area contributed by atoms with Crippen LogP contribution in [0.3, 0.4) is 0 Å². The molecule has 2 heterocycles. The zero-order valence-electron chi connectivity index (χ0n) is 20.2. The maximum absolute atomic E-state index is 14.0. The number of piperidine rings is 1. The van der Waals surface area contributed by atoms with Gasteiger partial charge in [0, 0.05) is 36.3 Å². The Hall–Kier alpha value is -3.37. The highest BCUT2D eigenvalue weighted by atomic mass is 32.2. The van der Waals surface area contributed by atoms with Gasteiger partial charge in [-0.25, -0.2) is 17.2 Å². The van der Waals surface area contributed by atoms with Gasteiger partial charge in [0.05, 0.1) is 0 Å². The summed E-state index contributed by atoms with van der Waals surface area (Å²) in [6, 6.07) is 8.89. The summed E-state index contributed by atoms with van der Waals surface area (Å²) in [5.74, 6) is -2.00. The number of benzene rings is 2. The molecular weight excluding hydrogens is 488 g/mol. The number of nitrogens with zero attached hydrogens (tertiary/aromatic N) is 2. The molecule has 0 radical (unpaired) electrons. The number of halogens is 2. The van der Waals surface area contributed by atoms with Crippen molar-refractivity contribution >= 4 is 33.8 Å². The molecule has 7 nitrogen and oxygen atoms in total. The lowest BCUT2D eigenvalue weighted by Gasteiger charge is -2.30. The van der Waals surface area contributed by atoms with Gasteiger partial charge in [-0.2, -0.15) is 4.31 Å². The van der Waals surface area contributed by atoms with Crippen molar-refractivity contribution in [3.8, 4) is 0 Å². The molecule has 1 saturated heterocycles. The number of anilines is 1. The fourth-order valence-electron chi connectivity index (χ4n) is 4.38. The highest BCUT2D eigenvalue weighted by Crippen LogP contribution is 2.30. The van der Waals surface area contributed by atoms with Crippen molar-refractivity contribution < 1.29 is 26.5 Å². The van der Waals surface area contributed by atoms with E-state index in [9.17, 15) is 22.0 Å². The number of amides is 1. The zero-order valence-corrected chi connectivity index (χ0v) is 21.0. The normalized spacial score (nSPS) is 15.5. The summed E-state index contributed by atoms with van der Waals surface area (Å²) in [4.78, 5) is 12.7. The summed E-state index contributed by atoms with van der Waals surface area (Å²) in [5, 5.41) is 6.72. The zero-order chi connectivity index (χ0) is 26.0. The van der Waals surface area contributed by atoms with Crippen LogP contribution in [0.1, 0.15) is 41.0 Å². The predicted octanol–water partition coefficient (Wildman–Crippen LogP) is 5.09. The van der Waals surface area contributed by atoms with Gasteiger partial charge in [0.1, 0.15) is 17.3 Å². The van der Waals surface area contributed by atoms with Gasteiger partial charge >= 0.3 is 0 Å². The topological polar surface area (TPSA) is 92.5 Å². The molecule has 190 valence electrons. The lowest BCUT2D eigenvalue weighted by molar-refractivity contribution is -0.120. The van der Waals surface area contributed by atoms with Gasteiger partial charge in [-0.15, -0.1) is 0 Å². The molecule has 1 fully saturated rings. The van der Waals surface area contributed by atoms with Crippen LogP contribution in [0.25, 0.3) is 12.2 Å². The van der Waals surface area contributed by atoms with Crippen molar-refractivity contribution in [1.29, 1.82) is 0 Å². The van der Waals surface area contributed by atoms with Gasteiger partial charge in [0.15, 0.2) is 10.7 Å². The van der Waals surface area contributed by atoms with E-state index in [0.29, 0.717) is 12.8 Å². The number of carbonyl (C=O) groups excluding carboxylic acids is 1. The second-order valence-electron chi connectivity index (χ2n) is 9.00. The van der Waals surface area contributed by atoms with Crippen molar-refractivity contribution in [2.24, 2.45) is 5.92 Å². The Bertz CT molecular complexity index is 1400. The molecule has 1 N–H and O–H groups in total. The molecule has 36 heavy (non-hydrogen) atoms. The molecule has 1 aromatic heterocycles. The summed E-state index contributed by atoms with van der Waals surface area (Å²) >= 11 is 0. The number of rotatable bonds is 6. The Morgan fingerprint density at radius 2 is 1.72 bits per heavy atom. The van der Waals surface area contributed by atoms with Crippen LogP contribution >= 0.6 is 0 Å². The third-order valence-corrected chi connectivity index (χ3v) is 8.18. The van der Waals surface area contributed by atoms with E-state index in [4.69, 9.17) is 4.52 Å². The molecule has 0 saturated carbocycles. The van der Waals surface area contributed by atoms with Crippen LogP contribution in [-0.4, -0.2) is 36.9 Å². The van der Waals surface area contributed by atoms with Crippen molar-refractivity contribution in [2.45, 2.75) is 38.5 Å². The Kier molecular flexibility index (Phi) is 7.37. The number of aromatic nitrogens is 1. The molecule has 0 atom stereocenters. The molecule has 0 spiro atoms. The summed E-state index contributed by atoms with van der Waals surface area (Å²) < 4.78 is 60.5. The fraction of sp³-hybridized carbons (Fsp3) is 0.308. The van der Waals surface area contributed by atoms with Crippen LogP contribution in [0, 0.1) is 38.3 Å². The molecule has 0 aliphatic carbocycles. The first kappa shape index (κ1) is 25.7. The van der Waals surface area contributed by atoms with Crippen LogP contribution in [0.2, 0.25) is 0 Å². The van der Waals surface area contributed by atoms with Crippen LogP contribution in [0.4, 0.5) is 14.5 Å². The number of hydrogen-bond acceptors (Lipinski definition) is 5. The van der Waals surface area contributed by atoms with Gasteiger partial charge in [0.2, 0.25) is 15.9 Å². The lowest BCUT2D eigenvalue weighted by atomic mass is 9.97. The molecule has 1 aliphatic heterocycles. The number of carbonyl (C=O) groups is 1. The van der Waals surface area contributed by atoms with Crippen molar-refractivity contribution in [2.75, 3.05) is 18.4 Å². The molecule has 2 aromatic carbocycles. The molecule has 1 amide bonds. The number of aryl methyl sites for hydroxylation is 3. The standard InChI is InChI=1S/C26H27F2N3O4S/c1-16-12-17(2)14-22(13-16)29-26(32)20-8-10-31(11-9-20)36(33,34)25-18(3)30-35-24(25)7-5-19-4-6-21(27)15-23(19)28/h4-7,12-15,20H,8-11H2,1-3H3,(H,29,32). The predicted molar refractivity (Wildman–Crippen MR) is 133 cm³/mol. The van der Waals surface area contributed by atoms with E-state index in [0.717, 1.165) is 28.9 Å². The van der Waals surface area contributed by atoms with Crippen LogP contribution in [-0.2, 0) is 14.8 Å². The minimum absolute atomic E-state index is 0.0501. The molecule has 0 bridgehead atoms. The second-order valence-corrected chi connectivity index (χ2v) is 10.9. The molecule has 0 unspecified atom stereocenters. The Morgan fingerprint density at radius 3 is 2.36 bits per heavy atom. The molecule has 4 rings (SSSR count). The van der Waals surface area contributed by atoms with E-state index in [2.05, 4.69) is 10.5 Å². The van der Waals surface area contributed by atoms with Crippen molar-refractivity contribution in [1.82, 2.24) is 9.46 Å². The third kappa shape index (κ3) is 5.55. The fourth-order valence-corrected chi connectivity index (χ4v) is 6.10. The minimum atomic E-state index is -3.98. The monoisotopic (exact) mass is 515 g/mol. The molecule has 1 aliphatic rings. The van der Waals surface area contributed by atoms with Crippen molar-refractivity contribution in [3.63, 3.8) is 0 Å². The summed E-state index contributed by atoms with van der Waals surface area (Å²) in [6.07, 6.45) is 3.34. The van der Waals surface area contributed by atoms with E-state index in [1.165, 1.54) is 29.4 Å². The first-order chi connectivity index (χ1) is 17.0. The first-order valence-corrected chi connectivity index (χ1v) is 13.0. The smallest absolute Gasteiger partial charge is 0.248 e. The second kappa shape index (κ2) is 10.3. The Balaban J connectivity index is 1.46. The van der Waals surface area contributed by atoms with E-state index >= 15 is 0 Å². The summed E-state index contributed by atoms with van der Waals surface area (Å²) in [5.41, 5.74) is 3.06. The average Bonchev–Trinajstić information content (AvgIpc) is 3.19. The van der Waals surface area contributed by atoms with E-state index in [-0.39, 0.29) is 46.8 Å². The lowest BCUT2D eigenvalue weighted by Crippen LogP contribution is -2.41. The van der Waals surface area contributed by atoms with Gasteiger partial charge in [-0.05, 0) is 81.2 Å². The minimum Gasteiger partial charge on any atom is -0.355 e. The van der Waals surface area contributed by atoms with Gasteiger partial charge in [-0.3, -0.25) is 4.79 Å². The van der Waals surface area contributed by atoms with Crippen molar-refractivity contribution in [3.05, 3.63) is 76.2 Å². The van der Waals surface area contributed by atoms with Crippen LogP contribution < -0.4 is 5.32 Å². The van der Waals surface area contributed by atoms with Gasteiger partial charge in [0.25, 0.3) is 0 Å². The molecule has 10 heteroatoms.